The van der Waals surface area contributed by atoms with Crippen molar-refractivity contribution in [1.82, 2.24) is 10.6 Å². The van der Waals surface area contributed by atoms with Crippen LogP contribution in [0.15, 0.2) is 53.0 Å². The van der Waals surface area contributed by atoms with E-state index in [4.69, 9.17) is 4.74 Å². The van der Waals surface area contributed by atoms with Crippen molar-refractivity contribution in [2.45, 2.75) is 25.5 Å². The van der Waals surface area contributed by atoms with Crippen molar-refractivity contribution in [3.05, 3.63) is 64.1 Å². The molecule has 1 aliphatic rings. The maximum absolute atomic E-state index is 12.3. The third-order valence-electron chi connectivity index (χ3n) is 4.21. The van der Waals surface area contributed by atoms with E-state index < -0.39 is 6.10 Å². The van der Waals surface area contributed by atoms with Gasteiger partial charge in [0.1, 0.15) is 5.75 Å². The Bertz CT molecular complexity index is 720. The number of carbonyl (C=O) groups is 1. The van der Waals surface area contributed by atoms with Gasteiger partial charge >= 0.3 is 0 Å². The number of carbonyl (C=O) groups excluding carboxylic acids is 1. The highest BCUT2D eigenvalue weighted by Crippen LogP contribution is 2.25. The van der Waals surface area contributed by atoms with E-state index in [-0.39, 0.29) is 11.9 Å². The van der Waals surface area contributed by atoms with Crippen LogP contribution in [0.1, 0.15) is 24.1 Å². The summed E-state index contributed by atoms with van der Waals surface area (Å²) >= 11 is 3.43. The molecule has 0 saturated carbocycles. The first-order valence-electron chi connectivity index (χ1n) is 8.15. The molecule has 5 heteroatoms. The van der Waals surface area contributed by atoms with Gasteiger partial charge in [0.15, 0.2) is 6.10 Å². The zero-order valence-corrected chi connectivity index (χ0v) is 15.2. The quantitative estimate of drug-likeness (QED) is 0.826. The van der Waals surface area contributed by atoms with Gasteiger partial charge in [0.25, 0.3) is 5.91 Å². The number of rotatable bonds is 5. The smallest absolute Gasteiger partial charge is 0.260 e. The largest absolute Gasteiger partial charge is 0.480 e. The summed E-state index contributed by atoms with van der Waals surface area (Å²) in [6, 6.07) is 16.1. The topological polar surface area (TPSA) is 50.4 Å². The number of amides is 1. The number of ether oxygens (including phenoxy) is 1. The van der Waals surface area contributed by atoms with Crippen molar-refractivity contribution in [2.75, 3.05) is 13.1 Å². The first kappa shape index (κ1) is 17.0. The number of halogens is 1. The molecule has 1 heterocycles. The Hall–Kier alpha value is -1.85. The Kier molecular flexibility index (Phi) is 5.53. The van der Waals surface area contributed by atoms with Crippen molar-refractivity contribution >= 4 is 21.8 Å². The molecule has 126 valence electrons. The summed E-state index contributed by atoms with van der Waals surface area (Å²) in [7, 11) is 0. The highest BCUT2D eigenvalue weighted by atomic mass is 79.9. The van der Waals surface area contributed by atoms with Gasteiger partial charge in [-0.25, -0.2) is 0 Å². The first-order valence-corrected chi connectivity index (χ1v) is 8.94. The van der Waals surface area contributed by atoms with Crippen LogP contribution in [0.3, 0.4) is 0 Å². The van der Waals surface area contributed by atoms with E-state index in [1.165, 1.54) is 11.1 Å². The van der Waals surface area contributed by atoms with E-state index in [2.05, 4.69) is 44.8 Å². The minimum absolute atomic E-state index is 0.115. The predicted octanol–water partition coefficient (Wildman–Crippen LogP) is 3.22. The fourth-order valence-corrected chi connectivity index (χ4v) is 3.28. The maximum Gasteiger partial charge on any atom is 0.260 e. The molecular formula is C19H21BrN2O2. The van der Waals surface area contributed by atoms with E-state index >= 15 is 0 Å². The summed E-state index contributed by atoms with van der Waals surface area (Å²) in [4.78, 5) is 12.3. The third kappa shape index (κ3) is 3.97. The van der Waals surface area contributed by atoms with Gasteiger partial charge in [-0.3, -0.25) is 4.79 Å². The maximum atomic E-state index is 12.3. The second-order valence-corrected chi connectivity index (χ2v) is 6.75. The minimum Gasteiger partial charge on any atom is -0.480 e. The average molecular weight is 389 g/mol. The van der Waals surface area contributed by atoms with Crippen LogP contribution in [0.2, 0.25) is 0 Å². The molecule has 1 aliphatic heterocycles. The van der Waals surface area contributed by atoms with Crippen LogP contribution < -0.4 is 15.4 Å². The van der Waals surface area contributed by atoms with Crippen LogP contribution in [-0.2, 0) is 11.2 Å². The Morgan fingerprint density at radius 1 is 1.29 bits per heavy atom. The summed E-state index contributed by atoms with van der Waals surface area (Å²) in [6.45, 7) is 3.25. The third-order valence-corrected chi connectivity index (χ3v) is 4.86. The van der Waals surface area contributed by atoms with E-state index in [0.29, 0.717) is 12.3 Å². The van der Waals surface area contributed by atoms with Gasteiger partial charge in [0.05, 0.1) is 4.47 Å². The van der Waals surface area contributed by atoms with Crippen LogP contribution in [0.25, 0.3) is 0 Å². The highest BCUT2D eigenvalue weighted by molar-refractivity contribution is 9.10. The van der Waals surface area contributed by atoms with Crippen molar-refractivity contribution in [2.24, 2.45) is 0 Å². The molecule has 0 bridgehead atoms. The van der Waals surface area contributed by atoms with Gasteiger partial charge in [0, 0.05) is 12.6 Å². The lowest BCUT2D eigenvalue weighted by atomic mass is 9.94. The number of para-hydroxylation sites is 1. The molecule has 2 N–H and O–H groups in total. The average Bonchev–Trinajstić information content (AvgIpc) is 2.61. The Balaban J connectivity index is 1.57. The van der Waals surface area contributed by atoms with E-state index in [0.717, 1.165) is 17.4 Å². The summed E-state index contributed by atoms with van der Waals surface area (Å²) in [6.07, 6.45) is 0.477. The summed E-state index contributed by atoms with van der Waals surface area (Å²) in [5.74, 6) is 0.553. The minimum atomic E-state index is -0.553. The lowest BCUT2D eigenvalue weighted by Gasteiger charge is -2.27. The molecule has 24 heavy (non-hydrogen) atoms. The number of fused-ring (bicyclic) bond motifs is 1. The summed E-state index contributed by atoms with van der Waals surface area (Å²) in [5, 5.41) is 6.46. The SMILES string of the molecule is CC(Oc1ccccc1Br)C(=O)NCC1NCCc2ccccc21. The molecule has 0 aliphatic carbocycles. The molecule has 1 amide bonds. The van der Waals surface area contributed by atoms with Gasteiger partial charge in [-0.2, -0.15) is 0 Å². The number of hydrogen-bond donors (Lipinski definition) is 2. The van der Waals surface area contributed by atoms with Crippen LogP contribution >= 0.6 is 15.9 Å². The van der Waals surface area contributed by atoms with Crippen molar-refractivity contribution in [1.29, 1.82) is 0 Å². The van der Waals surface area contributed by atoms with Gasteiger partial charge in [-0.15, -0.1) is 0 Å². The predicted molar refractivity (Wildman–Crippen MR) is 98.1 cm³/mol. The first-order chi connectivity index (χ1) is 11.6. The van der Waals surface area contributed by atoms with Gasteiger partial charge < -0.3 is 15.4 Å². The number of hydrogen-bond acceptors (Lipinski definition) is 3. The normalized spacial score (nSPS) is 17.7. The van der Waals surface area contributed by atoms with Crippen molar-refractivity contribution in [3.63, 3.8) is 0 Å². The van der Waals surface area contributed by atoms with E-state index in [1.54, 1.807) is 6.92 Å². The zero-order valence-electron chi connectivity index (χ0n) is 13.6. The molecule has 0 fully saturated rings. The number of nitrogens with one attached hydrogen (secondary N) is 2. The monoisotopic (exact) mass is 388 g/mol. The standard InChI is InChI=1S/C19H21BrN2O2/c1-13(24-18-9-5-4-8-16(18)20)19(23)22-12-17-15-7-3-2-6-14(15)10-11-21-17/h2-9,13,17,21H,10-12H2,1H3,(H,22,23). The molecule has 2 unspecified atom stereocenters. The molecule has 0 saturated heterocycles. The van der Waals surface area contributed by atoms with Crippen molar-refractivity contribution < 1.29 is 9.53 Å². The Labute approximate surface area is 150 Å². The Morgan fingerprint density at radius 2 is 2.04 bits per heavy atom. The molecule has 0 aromatic heterocycles. The molecule has 4 nitrogen and oxygen atoms in total. The molecular weight excluding hydrogens is 368 g/mol. The van der Waals surface area contributed by atoms with Crippen LogP contribution in [0.4, 0.5) is 0 Å². The van der Waals surface area contributed by atoms with E-state index in [1.807, 2.05) is 30.3 Å². The van der Waals surface area contributed by atoms with Gasteiger partial charge in [0.2, 0.25) is 0 Å². The number of benzene rings is 2. The fourth-order valence-electron chi connectivity index (χ4n) is 2.91. The highest BCUT2D eigenvalue weighted by Gasteiger charge is 2.21. The van der Waals surface area contributed by atoms with Crippen LogP contribution in [0.5, 0.6) is 5.75 Å². The summed E-state index contributed by atoms with van der Waals surface area (Å²) < 4.78 is 6.58. The van der Waals surface area contributed by atoms with Gasteiger partial charge in [-0.1, -0.05) is 36.4 Å². The lowest BCUT2D eigenvalue weighted by Crippen LogP contribution is -2.43. The van der Waals surface area contributed by atoms with Crippen molar-refractivity contribution in [3.8, 4) is 5.75 Å². The fraction of sp³-hybridized carbons (Fsp3) is 0.316. The molecule has 0 spiro atoms. The second kappa shape index (κ2) is 7.81. The van der Waals surface area contributed by atoms with E-state index in [9.17, 15) is 4.79 Å². The Morgan fingerprint density at radius 3 is 2.88 bits per heavy atom. The molecule has 0 radical (unpaired) electrons. The second-order valence-electron chi connectivity index (χ2n) is 5.89. The molecule has 2 aromatic carbocycles. The van der Waals surface area contributed by atoms with Crippen LogP contribution in [0, 0.1) is 0 Å². The molecule has 2 aromatic rings. The van der Waals surface area contributed by atoms with Gasteiger partial charge in [-0.05, 0) is 59.1 Å². The molecule has 3 rings (SSSR count). The zero-order chi connectivity index (χ0) is 16.9. The molecule has 2 atom stereocenters. The summed E-state index contributed by atoms with van der Waals surface area (Å²) in [5.41, 5.74) is 2.62. The van der Waals surface area contributed by atoms with Crippen LogP contribution in [-0.4, -0.2) is 25.1 Å². The lowest BCUT2D eigenvalue weighted by molar-refractivity contribution is -0.127.